The van der Waals surface area contributed by atoms with Crippen molar-refractivity contribution >= 4 is 45.7 Å². The molecule has 29 heavy (non-hydrogen) atoms. The average Bonchev–Trinajstić information content (AvgIpc) is 3.05. The van der Waals surface area contributed by atoms with Crippen molar-refractivity contribution in [2.75, 3.05) is 11.1 Å². The number of nitrogens with zero attached hydrogens (tertiary/aromatic N) is 2. The van der Waals surface area contributed by atoms with Crippen molar-refractivity contribution in [2.45, 2.75) is 37.8 Å². The van der Waals surface area contributed by atoms with Gasteiger partial charge in [0.2, 0.25) is 5.91 Å². The number of hydrogen-bond donors (Lipinski definition) is 1. The van der Waals surface area contributed by atoms with Crippen molar-refractivity contribution in [3.63, 3.8) is 0 Å². The highest BCUT2D eigenvalue weighted by atomic mass is 35.5. The molecule has 1 fully saturated rings. The summed E-state index contributed by atoms with van der Waals surface area (Å²) in [5.41, 5.74) is 1.83. The van der Waals surface area contributed by atoms with Gasteiger partial charge in [0, 0.05) is 16.3 Å². The van der Waals surface area contributed by atoms with E-state index < -0.39 is 5.66 Å². The Balaban J connectivity index is 1.50. The van der Waals surface area contributed by atoms with Crippen LogP contribution in [0, 0.1) is 5.82 Å². The van der Waals surface area contributed by atoms with E-state index in [2.05, 4.69) is 5.32 Å². The number of rotatable bonds is 4. The number of benzene rings is 2. The predicted molar refractivity (Wildman–Crippen MR) is 119 cm³/mol. The van der Waals surface area contributed by atoms with E-state index in [1.165, 1.54) is 30.3 Å². The second-order valence-electron chi connectivity index (χ2n) is 7.27. The molecule has 1 saturated carbocycles. The summed E-state index contributed by atoms with van der Waals surface area (Å²) in [6.07, 6.45) is 5.30. The number of nitrogens with one attached hydrogen (secondary N) is 1. The summed E-state index contributed by atoms with van der Waals surface area (Å²) in [5, 5.41) is 4.18. The van der Waals surface area contributed by atoms with Gasteiger partial charge < -0.3 is 5.32 Å². The van der Waals surface area contributed by atoms with Crippen LogP contribution in [0.15, 0.2) is 58.5 Å². The molecule has 4 nitrogen and oxygen atoms in total. The number of anilines is 1. The Kier molecular flexibility index (Phi) is 6.01. The molecule has 1 heterocycles. The van der Waals surface area contributed by atoms with Crippen LogP contribution >= 0.6 is 23.4 Å². The molecule has 2 aromatic rings. The van der Waals surface area contributed by atoms with Gasteiger partial charge in [-0.05, 0) is 56.0 Å². The second-order valence-corrected chi connectivity index (χ2v) is 8.68. The molecule has 1 spiro atoms. The van der Waals surface area contributed by atoms with Crippen LogP contribution in [0.25, 0.3) is 0 Å². The zero-order valence-corrected chi connectivity index (χ0v) is 17.4. The van der Waals surface area contributed by atoms with Gasteiger partial charge in [0.25, 0.3) is 0 Å². The Morgan fingerprint density at radius 3 is 2.59 bits per heavy atom. The van der Waals surface area contributed by atoms with E-state index in [0.29, 0.717) is 10.7 Å². The summed E-state index contributed by atoms with van der Waals surface area (Å²) in [4.78, 5) is 22.3. The summed E-state index contributed by atoms with van der Waals surface area (Å²) in [6, 6.07) is 13.4. The van der Waals surface area contributed by atoms with E-state index in [-0.39, 0.29) is 17.5 Å². The number of amides is 1. The van der Waals surface area contributed by atoms with Crippen molar-refractivity contribution < 1.29 is 9.18 Å². The van der Waals surface area contributed by atoms with Gasteiger partial charge in [-0.2, -0.15) is 0 Å². The van der Waals surface area contributed by atoms with Crippen LogP contribution in [-0.4, -0.2) is 28.1 Å². The minimum Gasteiger partial charge on any atom is -0.325 e. The van der Waals surface area contributed by atoms with Gasteiger partial charge in [-0.3, -0.25) is 9.79 Å². The summed E-state index contributed by atoms with van der Waals surface area (Å²) in [7, 11) is 0. The van der Waals surface area contributed by atoms with Gasteiger partial charge in [0.15, 0.2) is 5.66 Å². The molecule has 1 N–H and O–H groups in total. The molecule has 4 rings (SSSR count). The minimum atomic E-state index is -0.394. The van der Waals surface area contributed by atoms with E-state index in [0.717, 1.165) is 42.0 Å². The third kappa shape index (κ3) is 4.87. The Hall–Kier alpha value is -2.18. The standard InChI is InChI=1S/C22H21ClFN3OS/c23-16-9-7-15(8-10-16)20-21(27-22(26-20)11-2-1-3-12-22)29-14-19(28)25-18-6-4-5-17(24)13-18/h4-10,13H,1-3,11-12,14H2,(H,25,28). The summed E-state index contributed by atoms with van der Waals surface area (Å²) < 4.78 is 13.3. The number of halogens is 2. The van der Waals surface area contributed by atoms with Crippen molar-refractivity contribution in [3.8, 4) is 0 Å². The van der Waals surface area contributed by atoms with Crippen molar-refractivity contribution in [3.05, 3.63) is 64.9 Å². The number of carbonyl (C=O) groups excluding carboxylic acids is 1. The summed E-state index contributed by atoms with van der Waals surface area (Å²) >= 11 is 7.40. The monoisotopic (exact) mass is 429 g/mol. The fraction of sp³-hybridized carbons (Fsp3) is 0.318. The Morgan fingerprint density at radius 2 is 1.86 bits per heavy atom. The maximum Gasteiger partial charge on any atom is 0.234 e. The first kappa shape index (κ1) is 20.1. The molecule has 1 amide bonds. The maximum absolute atomic E-state index is 13.3. The molecule has 0 aromatic heterocycles. The molecular formula is C22H21ClFN3OS. The van der Waals surface area contributed by atoms with Crippen LogP contribution in [0.4, 0.5) is 10.1 Å². The van der Waals surface area contributed by atoms with Gasteiger partial charge in [0.05, 0.1) is 11.5 Å². The number of thioether (sulfide) groups is 1. The lowest BCUT2D eigenvalue weighted by molar-refractivity contribution is -0.113. The Labute approximate surface area is 178 Å². The molecule has 0 atom stereocenters. The largest absolute Gasteiger partial charge is 0.325 e. The van der Waals surface area contributed by atoms with Crippen LogP contribution in [0.3, 0.4) is 0 Å². The highest BCUT2D eigenvalue weighted by molar-refractivity contribution is 8.16. The fourth-order valence-corrected chi connectivity index (χ4v) is 4.66. The molecule has 7 heteroatoms. The van der Waals surface area contributed by atoms with E-state index >= 15 is 0 Å². The van der Waals surface area contributed by atoms with E-state index in [1.54, 1.807) is 12.1 Å². The number of hydrogen-bond acceptors (Lipinski definition) is 4. The maximum atomic E-state index is 13.3. The minimum absolute atomic E-state index is 0.179. The first-order chi connectivity index (χ1) is 14.0. The SMILES string of the molecule is O=C(CSC1=NC2(CCCCC2)N=C1c1ccc(Cl)cc1)Nc1cccc(F)c1. The number of aliphatic imine (C=N–C) groups is 2. The van der Waals surface area contributed by atoms with Gasteiger partial charge in [-0.1, -0.05) is 48.0 Å². The Bertz CT molecular complexity index is 968. The van der Waals surface area contributed by atoms with Crippen LogP contribution in [0.5, 0.6) is 0 Å². The van der Waals surface area contributed by atoms with Gasteiger partial charge >= 0.3 is 0 Å². The van der Waals surface area contributed by atoms with E-state index in [4.69, 9.17) is 21.6 Å². The predicted octanol–water partition coefficient (Wildman–Crippen LogP) is 5.71. The van der Waals surface area contributed by atoms with E-state index in [1.807, 2.05) is 24.3 Å². The molecule has 1 aliphatic heterocycles. The van der Waals surface area contributed by atoms with Crippen LogP contribution in [-0.2, 0) is 4.79 Å². The first-order valence-corrected chi connectivity index (χ1v) is 11.0. The van der Waals surface area contributed by atoms with Crippen molar-refractivity contribution in [2.24, 2.45) is 9.98 Å². The van der Waals surface area contributed by atoms with Gasteiger partial charge in [0.1, 0.15) is 10.9 Å². The quantitative estimate of drug-likeness (QED) is 0.676. The van der Waals surface area contributed by atoms with Gasteiger partial charge in [-0.15, -0.1) is 0 Å². The lowest BCUT2D eigenvalue weighted by Gasteiger charge is -2.27. The fourth-order valence-electron chi connectivity index (χ4n) is 3.66. The third-order valence-corrected chi connectivity index (χ3v) is 6.27. The molecule has 2 aliphatic rings. The van der Waals surface area contributed by atoms with Crippen LogP contribution < -0.4 is 5.32 Å². The highest BCUT2D eigenvalue weighted by Crippen LogP contribution is 2.38. The highest BCUT2D eigenvalue weighted by Gasteiger charge is 2.37. The summed E-state index contributed by atoms with van der Waals surface area (Å²) in [6.45, 7) is 0. The molecule has 0 bridgehead atoms. The van der Waals surface area contributed by atoms with Gasteiger partial charge in [-0.25, -0.2) is 9.38 Å². The molecule has 0 unspecified atom stereocenters. The molecular weight excluding hydrogens is 409 g/mol. The van der Waals surface area contributed by atoms with Crippen molar-refractivity contribution in [1.82, 2.24) is 0 Å². The third-order valence-electron chi connectivity index (χ3n) is 5.05. The number of carbonyl (C=O) groups is 1. The van der Waals surface area contributed by atoms with Crippen LogP contribution in [0.1, 0.15) is 37.7 Å². The van der Waals surface area contributed by atoms with Crippen LogP contribution in [0.2, 0.25) is 5.02 Å². The normalized spacial score (nSPS) is 17.7. The summed E-state index contributed by atoms with van der Waals surface area (Å²) in [5.74, 6) is -0.409. The zero-order valence-electron chi connectivity index (χ0n) is 15.8. The topological polar surface area (TPSA) is 53.8 Å². The lowest BCUT2D eigenvalue weighted by atomic mass is 9.90. The van der Waals surface area contributed by atoms with Crippen molar-refractivity contribution in [1.29, 1.82) is 0 Å². The molecule has 150 valence electrons. The first-order valence-electron chi connectivity index (χ1n) is 9.67. The molecule has 0 radical (unpaired) electrons. The van der Waals surface area contributed by atoms with E-state index in [9.17, 15) is 9.18 Å². The average molecular weight is 430 g/mol. The molecule has 0 saturated heterocycles. The Morgan fingerprint density at radius 1 is 1.10 bits per heavy atom. The zero-order chi connectivity index (χ0) is 20.3. The lowest BCUT2D eigenvalue weighted by Crippen LogP contribution is -2.25. The molecule has 2 aromatic carbocycles. The smallest absolute Gasteiger partial charge is 0.234 e. The second kappa shape index (κ2) is 8.67. The molecule has 1 aliphatic carbocycles.